The summed E-state index contributed by atoms with van der Waals surface area (Å²) in [6.45, 7) is 2.10. The molecule has 21 heavy (non-hydrogen) atoms. The van der Waals surface area contributed by atoms with Crippen molar-refractivity contribution in [3.8, 4) is 0 Å². The summed E-state index contributed by atoms with van der Waals surface area (Å²) in [5.74, 6) is 0. The quantitative estimate of drug-likeness (QED) is 0.550. The molecule has 1 nitrogen and oxygen atoms in total. The number of thiophene rings is 1. The molecule has 1 aliphatic carbocycles. The van der Waals surface area contributed by atoms with Gasteiger partial charge >= 0.3 is 0 Å². The van der Waals surface area contributed by atoms with Gasteiger partial charge in [-0.3, -0.25) is 0 Å². The molecule has 2 N–H and O–H groups in total. The highest BCUT2D eigenvalue weighted by Crippen LogP contribution is 2.40. The van der Waals surface area contributed by atoms with Crippen LogP contribution in [0.25, 0.3) is 25.7 Å². The molecule has 2 aromatic carbocycles. The average Bonchev–Trinajstić information content (AvgIpc) is 3.15. The molecule has 0 fully saturated rings. The molecular formula is C18H15BNS. The average molecular weight is 288 g/mol. The SMILES string of the molecule is C[B]c1cc(C2=CC=CC2)c(N)c2c1sc1ccccc12. The van der Waals surface area contributed by atoms with Crippen LogP contribution in [0, 0.1) is 0 Å². The van der Waals surface area contributed by atoms with Gasteiger partial charge in [0, 0.05) is 31.4 Å². The third kappa shape index (κ3) is 1.84. The second-order valence-electron chi connectivity index (χ2n) is 5.34. The van der Waals surface area contributed by atoms with Gasteiger partial charge in [-0.1, -0.05) is 54.8 Å². The normalized spacial score (nSPS) is 14.0. The first-order valence-corrected chi connectivity index (χ1v) is 8.00. The summed E-state index contributed by atoms with van der Waals surface area (Å²) in [6, 6.07) is 10.8. The molecule has 3 aromatic rings. The summed E-state index contributed by atoms with van der Waals surface area (Å²) in [7, 11) is 2.18. The molecule has 1 aromatic heterocycles. The molecule has 0 unspecified atom stereocenters. The number of rotatable bonds is 2. The van der Waals surface area contributed by atoms with Crippen LogP contribution in [0.15, 0.2) is 48.6 Å². The fourth-order valence-electron chi connectivity index (χ4n) is 3.08. The molecule has 0 atom stereocenters. The lowest BCUT2D eigenvalue weighted by Gasteiger charge is -2.12. The van der Waals surface area contributed by atoms with E-state index in [-0.39, 0.29) is 0 Å². The van der Waals surface area contributed by atoms with Gasteiger partial charge in [-0.05, 0) is 18.1 Å². The van der Waals surface area contributed by atoms with E-state index in [9.17, 15) is 0 Å². The molecule has 0 spiro atoms. The van der Waals surface area contributed by atoms with Gasteiger partial charge in [0.15, 0.2) is 0 Å². The van der Waals surface area contributed by atoms with Crippen molar-refractivity contribution in [1.29, 1.82) is 0 Å². The van der Waals surface area contributed by atoms with Crippen LogP contribution < -0.4 is 11.2 Å². The van der Waals surface area contributed by atoms with Crippen molar-refractivity contribution in [1.82, 2.24) is 0 Å². The number of nitrogens with two attached hydrogens (primary N) is 1. The van der Waals surface area contributed by atoms with Crippen molar-refractivity contribution in [3.05, 3.63) is 54.1 Å². The molecular weight excluding hydrogens is 273 g/mol. The van der Waals surface area contributed by atoms with E-state index in [1.807, 2.05) is 11.3 Å². The molecule has 1 heterocycles. The number of nitrogen functional groups attached to an aromatic ring is 1. The minimum atomic E-state index is 0.919. The van der Waals surface area contributed by atoms with Crippen LogP contribution in [0.5, 0.6) is 0 Å². The Labute approximate surface area is 129 Å². The lowest BCUT2D eigenvalue weighted by molar-refractivity contribution is 1.45. The van der Waals surface area contributed by atoms with Crippen LogP contribution in [0.1, 0.15) is 12.0 Å². The third-order valence-electron chi connectivity index (χ3n) is 4.15. The Morgan fingerprint density at radius 2 is 2.10 bits per heavy atom. The minimum absolute atomic E-state index is 0.919. The monoisotopic (exact) mass is 288 g/mol. The topological polar surface area (TPSA) is 26.0 Å². The summed E-state index contributed by atoms with van der Waals surface area (Å²) >= 11 is 1.83. The summed E-state index contributed by atoms with van der Waals surface area (Å²) in [4.78, 5) is 0. The van der Waals surface area contributed by atoms with Crippen molar-refractivity contribution in [2.24, 2.45) is 0 Å². The number of benzene rings is 2. The van der Waals surface area contributed by atoms with E-state index in [0.29, 0.717) is 0 Å². The van der Waals surface area contributed by atoms with E-state index in [2.05, 4.69) is 62.7 Å². The maximum atomic E-state index is 6.56. The first-order chi connectivity index (χ1) is 10.3. The molecule has 4 rings (SSSR count). The Morgan fingerprint density at radius 3 is 2.86 bits per heavy atom. The predicted octanol–water partition coefficient (Wildman–Crippen LogP) is 4.36. The largest absolute Gasteiger partial charge is 0.398 e. The smallest absolute Gasteiger partial charge is 0.150 e. The number of hydrogen-bond donors (Lipinski definition) is 1. The Balaban J connectivity index is 2.13. The van der Waals surface area contributed by atoms with E-state index >= 15 is 0 Å². The molecule has 0 amide bonds. The highest BCUT2D eigenvalue weighted by Gasteiger charge is 2.17. The second kappa shape index (κ2) is 4.78. The van der Waals surface area contributed by atoms with E-state index < -0.39 is 0 Å². The first kappa shape index (κ1) is 12.7. The fraction of sp³-hybridized carbons (Fsp3) is 0.111. The minimum Gasteiger partial charge on any atom is -0.398 e. The zero-order chi connectivity index (χ0) is 14.4. The van der Waals surface area contributed by atoms with Crippen LogP contribution in [0.4, 0.5) is 5.69 Å². The van der Waals surface area contributed by atoms with Gasteiger partial charge in [-0.2, -0.15) is 0 Å². The van der Waals surface area contributed by atoms with Gasteiger partial charge in [0.25, 0.3) is 0 Å². The number of hydrogen-bond acceptors (Lipinski definition) is 2. The Hall–Kier alpha value is -2.00. The maximum Gasteiger partial charge on any atom is 0.150 e. The Kier molecular flexibility index (Phi) is 2.90. The van der Waals surface area contributed by atoms with Crippen LogP contribution in [0.2, 0.25) is 6.82 Å². The van der Waals surface area contributed by atoms with Crippen LogP contribution >= 0.6 is 11.3 Å². The number of fused-ring (bicyclic) bond motifs is 3. The van der Waals surface area contributed by atoms with Gasteiger partial charge in [-0.15, -0.1) is 11.3 Å². The van der Waals surface area contributed by atoms with Crippen molar-refractivity contribution < 1.29 is 0 Å². The third-order valence-corrected chi connectivity index (χ3v) is 5.37. The van der Waals surface area contributed by atoms with E-state index in [4.69, 9.17) is 5.73 Å². The Bertz CT molecular complexity index is 918. The lowest BCUT2D eigenvalue weighted by atomic mass is 9.71. The maximum absolute atomic E-state index is 6.56. The molecule has 1 aliphatic rings. The van der Waals surface area contributed by atoms with Crippen molar-refractivity contribution in [2.45, 2.75) is 13.2 Å². The van der Waals surface area contributed by atoms with Crippen LogP contribution in [-0.4, -0.2) is 7.28 Å². The summed E-state index contributed by atoms with van der Waals surface area (Å²) in [5, 5.41) is 2.49. The molecule has 0 saturated heterocycles. The Morgan fingerprint density at radius 1 is 1.24 bits per heavy atom. The molecule has 101 valence electrons. The van der Waals surface area contributed by atoms with Crippen LogP contribution in [-0.2, 0) is 0 Å². The van der Waals surface area contributed by atoms with Gasteiger partial charge in [0.2, 0.25) is 0 Å². The van der Waals surface area contributed by atoms with Crippen molar-refractivity contribution in [3.63, 3.8) is 0 Å². The van der Waals surface area contributed by atoms with Crippen molar-refractivity contribution >= 4 is 55.5 Å². The highest BCUT2D eigenvalue weighted by atomic mass is 32.1. The second-order valence-corrected chi connectivity index (χ2v) is 6.39. The standard InChI is InChI=1S/C18H15BNS/c1-19-14-10-13(11-6-2-3-7-11)17(20)16-12-8-4-5-9-15(12)21-18(14)16/h2-6,8-10H,7,20H2,1H3. The molecule has 0 bridgehead atoms. The highest BCUT2D eigenvalue weighted by molar-refractivity contribution is 7.27. The number of allylic oxidation sites excluding steroid dienone is 4. The number of anilines is 1. The van der Waals surface area contributed by atoms with E-state index in [1.165, 1.54) is 36.8 Å². The molecule has 0 saturated carbocycles. The molecule has 1 radical (unpaired) electrons. The lowest BCUT2D eigenvalue weighted by Crippen LogP contribution is -2.13. The zero-order valence-electron chi connectivity index (χ0n) is 11.9. The van der Waals surface area contributed by atoms with Crippen LogP contribution in [0.3, 0.4) is 0 Å². The van der Waals surface area contributed by atoms with Gasteiger partial charge in [0.05, 0.1) is 0 Å². The first-order valence-electron chi connectivity index (χ1n) is 7.18. The van der Waals surface area contributed by atoms with Gasteiger partial charge in [-0.25, -0.2) is 0 Å². The fourth-order valence-corrected chi connectivity index (χ4v) is 4.34. The van der Waals surface area contributed by atoms with E-state index in [0.717, 1.165) is 12.1 Å². The summed E-state index contributed by atoms with van der Waals surface area (Å²) in [6.07, 6.45) is 7.44. The zero-order valence-corrected chi connectivity index (χ0v) is 12.7. The van der Waals surface area contributed by atoms with E-state index in [1.54, 1.807) is 0 Å². The summed E-state index contributed by atoms with van der Waals surface area (Å²) in [5.41, 5.74) is 11.3. The molecule has 0 aliphatic heterocycles. The van der Waals surface area contributed by atoms with Gasteiger partial charge < -0.3 is 5.73 Å². The molecule has 3 heteroatoms. The van der Waals surface area contributed by atoms with Crippen molar-refractivity contribution in [2.75, 3.05) is 5.73 Å². The summed E-state index contributed by atoms with van der Waals surface area (Å²) < 4.78 is 2.60. The van der Waals surface area contributed by atoms with Gasteiger partial charge in [0.1, 0.15) is 7.28 Å². The predicted molar refractivity (Wildman–Crippen MR) is 96.7 cm³/mol.